The van der Waals surface area contributed by atoms with Crippen LogP contribution in [0.2, 0.25) is 0 Å². The van der Waals surface area contributed by atoms with E-state index < -0.39 is 41.7 Å². The quantitative estimate of drug-likeness (QED) is 0.200. The van der Waals surface area contributed by atoms with E-state index in [1.165, 1.54) is 4.90 Å². The third-order valence-corrected chi connectivity index (χ3v) is 9.21. The lowest BCUT2D eigenvalue weighted by molar-refractivity contribution is -0.159. The van der Waals surface area contributed by atoms with Crippen LogP contribution in [0.15, 0.2) is 49.6 Å². The molecule has 3 fully saturated rings. The zero-order valence-corrected chi connectivity index (χ0v) is 26.8. The highest BCUT2D eigenvalue weighted by atomic mass is 16.6. The molecule has 0 radical (unpaired) electrons. The van der Waals surface area contributed by atoms with E-state index in [4.69, 9.17) is 9.47 Å². The van der Waals surface area contributed by atoms with Gasteiger partial charge >= 0.3 is 5.97 Å². The number of anilines is 2. The second-order valence-corrected chi connectivity index (χ2v) is 12.0. The number of carbonyl (C=O) groups is 4. The summed E-state index contributed by atoms with van der Waals surface area (Å²) in [5.74, 6) is -3.16. The fourth-order valence-corrected chi connectivity index (χ4v) is 7.11. The van der Waals surface area contributed by atoms with Gasteiger partial charge in [-0.2, -0.15) is 0 Å². The van der Waals surface area contributed by atoms with Gasteiger partial charge in [-0.15, -0.1) is 13.2 Å². The maximum absolute atomic E-state index is 14.6. The van der Waals surface area contributed by atoms with Gasteiger partial charge in [0.05, 0.1) is 24.5 Å². The van der Waals surface area contributed by atoms with Crippen molar-refractivity contribution >= 4 is 35.1 Å². The molecule has 3 aliphatic rings. The highest BCUT2D eigenvalue weighted by Crippen LogP contribution is 2.59. The van der Waals surface area contributed by atoms with Crippen LogP contribution in [0.5, 0.6) is 0 Å². The monoisotopic (exact) mass is 624 g/mol. The number of nitrogens with one attached hydrogen (secondary N) is 1. The van der Waals surface area contributed by atoms with E-state index in [2.05, 4.69) is 37.2 Å². The second kappa shape index (κ2) is 15.1. The zero-order chi connectivity index (χ0) is 32.7. The standard InChI is InChI=1S/C34H48N4O7/c1-6-10-12-27(40)35-22-23(5)44-33(43)28-26-17-18-34(45-26)29(28)31(41)38(20-11-21-39)30(34)32(42)37(19-7-2)25-15-13-24(14-16-25)36(8-3)9-4/h6-7,13-16,23,26,28-30,39H,1-2,8-12,17-22H2,3-5H3,(H,35,40)/t23-,26-,28+,29+,30-,34+/m0/s1. The Kier molecular flexibility index (Phi) is 11.4. The molecule has 0 unspecified atom stereocenters. The Morgan fingerprint density at radius 2 is 1.87 bits per heavy atom. The van der Waals surface area contributed by atoms with Crippen LogP contribution in [0.1, 0.15) is 52.9 Å². The summed E-state index contributed by atoms with van der Waals surface area (Å²) in [6.07, 6.45) is 4.20. The number of allylic oxidation sites excluding steroid dienone is 1. The van der Waals surface area contributed by atoms with E-state index in [0.717, 1.165) is 18.8 Å². The highest BCUT2D eigenvalue weighted by molar-refractivity contribution is 6.04. The molecule has 1 spiro atoms. The number of aliphatic hydroxyl groups excluding tert-OH is 1. The molecule has 1 aromatic carbocycles. The molecule has 3 amide bonds. The molecule has 1 aromatic rings. The number of hydrogen-bond donors (Lipinski definition) is 2. The third-order valence-electron chi connectivity index (χ3n) is 9.21. The normalized spacial score (nSPS) is 25.4. The van der Waals surface area contributed by atoms with Crippen LogP contribution in [0.25, 0.3) is 0 Å². The van der Waals surface area contributed by atoms with Crippen molar-refractivity contribution in [1.82, 2.24) is 10.2 Å². The first-order valence-corrected chi connectivity index (χ1v) is 16.1. The number of aliphatic hydroxyl groups is 1. The summed E-state index contributed by atoms with van der Waals surface area (Å²) in [6, 6.07) is 6.76. The van der Waals surface area contributed by atoms with Crippen LogP contribution in [-0.2, 0) is 28.7 Å². The molecule has 246 valence electrons. The molecule has 0 aromatic heterocycles. The molecule has 4 rings (SSSR count). The SMILES string of the molecule is C=CCCC(=O)NC[C@H](C)OC(=O)[C@@H]1[C@@H]2CC[C@]3(O2)[C@H](C(=O)N(CC=C)c2ccc(N(CC)CC)cc2)N(CCCO)C(=O)[C@@H]13. The average molecular weight is 625 g/mol. The Balaban J connectivity index is 1.59. The Hall–Kier alpha value is -3.70. The van der Waals surface area contributed by atoms with Crippen LogP contribution in [0.3, 0.4) is 0 Å². The number of fused-ring (bicyclic) bond motifs is 1. The number of esters is 1. The topological polar surface area (TPSA) is 129 Å². The van der Waals surface area contributed by atoms with Gasteiger partial charge < -0.3 is 34.6 Å². The van der Waals surface area contributed by atoms with Crippen molar-refractivity contribution in [2.24, 2.45) is 11.8 Å². The van der Waals surface area contributed by atoms with Gasteiger partial charge in [0, 0.05) is 50.6 Å². The van der Waals surface area contributed by atoms with Gasteiger partial charge in [-0.3, -0.25) is 19.2 Å². The van der Waals surface area contributed by atoms with Crippen LogP contribution in [-0.4, -0.2) is 96.9 Å². The molecule has 3 saturated heterocycles. The summed E-state index contributed by atoms with van der Waals surface area (Å²) in [4.78, 5) is 59.6. The predicted molar refractivity (Wildman–Crippen MR) is 172 cm³/mol. The Morgan fingerprint density at radius 3 is 2.49 bits per heavy atom. The molecule has 3 aliphatic heterocycles. The summed E-state index contributed by atoms with van der Waals surface area (Å²) in [5, 5.41) is 12.4. The van der Waals surface area contributed by atoms with Crippen LogP contribution >= 0.6 is 0 Å². The fourth-order valence-electron chi connectivity index (χ4n) is 7.11. The van der Waals surface area contributed by atoms with Crippen LogP contribution < -0.4 is 15.1 Å². The van der Waals surface area contributed by atoms with E-state index in [9.17, 15) is 24.3 Å². The van der Waals surface area contributed by atoms with E-state index in [1.807, 2.05) is 24.3 Å². The number of likely N-dealkylation sites (tertiary alicyclic amines) is 1. The maximum Gasteiger partial charge on any atom is 0.312 e. The smallest absolute Gasteiger partial charge is 0.312 e. The first kappa shape index (κ1) is 34.2. The molecule has 45 heavy (non-hydrogen) atoms. The molecule has 0 saturated carbocycles. The Bertz CT molecular complexity index is 1250. The number of nitrogens with zero attached hydrogens (tertiary/aromatic N) is 3. The number of hydrogen-bond acceptors (Lipinski definition) is 8. The minimum Gasteiger partial charge on any atom is -0.460 e. The van der Waals surface area contributed by atoms with Gasteiger partial charge in [0.2, 0.25) is 11.8 Å². The number of benzene rings is 1. The summed E-state index contributed by atoms with van der Waals surface area (Å²) < 4.78 is 12.2. The van der Waals surface area contributed by atoms with Gasteiger partial charge in [0.15, 0.2) is 0 Å². The van der Waals surface area contributed by atoms with Gasteiger partial charge in [-0.25, -0.2) is 0 Å². The largest absolute Gasteiger partial charge is 0.460 e. The first-order valence-electron chi connectivity index (χ1n) is 16.1. The van der Waals surface area contributed by atoms with Crippen molar-refractivity contribution in [3.05, 3.63) is 49.6 Å². The lowest BCUT2D eigenvalue weighted by Crippen LogP contribution is -2.56. The molecule has 11 heteroatoms. The third kappa shape index (κ3) is 6.79. The molecule has 2 N–H and O–H groups in total. The van der Waals surface area contributed by atoms with Gasteiger partial charge in [0.25, 0.3) is 5.91 Å². The van der Waals surface area contributed by atoms with Gasteiger partial charge in [-0.1, -0.05) is 12.2 Å². The minimum absolute atomic E-state index is 0.136. The fraction of sp³-hybridized carbons (Fsp3) is 0.588. The van der Waals surface area contributed by atoms with Crippen molar-refractivity contribution < 1.29 is 33.8 Å². The van der Waals surface area contributed by atoms with Crippen molar-refractivity contribution in [1.29, 1.82) is 0 Å². The number of rotatable bonds is 17. The van der Waals surface area contributed by atoms with E-state index in [1.54, 1.807) is 24.0 Å². The van der Waals surface area contributed by atoms with Gasteiger partial charge in [-0.05, 0) is 70.7 Å². The predicted octanol–water partition coefficient (Wildman–Crippen LogP) is 2.82. The number of amides is 3. The van der Waals surface area contributed by atoms with E-state index in [0.29, 0.717) is 31.4 Å². The molecule has 11 nitrogen and oxygen atoms in total. The average Bonchev–Trinajstić information content (AvgIpc) is 3.68. The molecule has 0 aliphatic carbocycles. The highest BCUT2D eigenvalue weighted by Gasteiger charge is 2.75. The second-order valence-electron chi connectivity index (χ2n) is 12.0. The molecule has 3 heterocycles. The molecule has 6 atom stereocenters. The van der Waals surface area contributed by atoms with E-state index in [-0.39, 0.29) is 50.4 Å². The number of ether oxygens (including phenoxy) is 2. The van der Waals surface area contributed by atoms with Crippen molar-refractivity contribution in [2.75, 3.05) is 49.1 Å². The lowest BCUT2D eigenvalue weighted by Gasteiger charge is -2.37. The van der Waals surface area contributed by atoms with Crippen molar-refractivity contribution in [3.63, 3.8) is 0 Å². The minimum atomic E-state index is -1.19. The van der Waals surface area contributed by atoms with Gasteiger partial charge in [0.1, 0.15) is 17.7 Å². The van der Waals surface area contributed by atoms with Crippen molar-refractivity contribution in [3.8, 4) is 0 Å². The Morgan fingerprint density at radius 1 is 1.18 bits per heavy atom. The summed E-state index contributed by atoms with van der Waals surface area (Å²) >= 11 is 0. The van der Waals surface area contributed by atoms with Crippen LogP contribution in [0.4, 0.5) is 11.4 Å². The molecule has 2 bridgehead atoms. The zero-order valence-electron chi connectivity index (χ0n) is 26.8. The maximum atomic E-state index is 14.6. The Labute approximate surface area is 266 Å². The summed E-state index contributed by atoms with van der Waals surface area (Å²) in [6.45, 7) is 15.4. The molecular weight excluding hydrogens is 576 g/mol. The number of carbonyl (C=O) groups excluding carboxylic acids is 4. The molecular formula is C34H48N4O7. The van der Waals surface area contributed by atoms with E-state index >= 15 is 0 Å². The summed E-state index contributed by atoms with van der Waals surface area (Å²) in [7, 11) is 0. The summed E-state index contributed by atoms with van der Waals surface area (Å²) in [5.41, 5.74) is 0.511. The van der Waals surface area contributed by atoms with Crippen LogP contribution in [0, 0.1) is 11.8 Å². The lowest BCUT2D eigenvalue weighted by atomic mass is 9.70. The first-order chi connectivity index (χ1) is 21.7. The van der Waals surface area contributed by atoms with Crippen molar-refractivity contribution in [2.45, 2.75) is 76.7 Å².